The molecule has 0 bridgehead atoms. The van der Waals surface area contributed by atoms with E-state index in [1.807, 2.05) is 6.92 Å². The van der Waals surface area contributed by atoms with Gasteiger partial charge in [-0.05, 0) is 60.5 Å². The quantitative estimate of drug-likeness (QED) is 0.464. The number of alkyl halides is 3. The minimum atomic E-state index is -4.56. The largest absolute Gasteiger partial charge is 0.480 e. The van der Waals surface area contributed by atoms with Gasteiger partial charge in [0.15, 0.2) is 6.10 Å². The number of benzene rings is 3. The molecule has 3 aromatic carbocycles. The Bertz CT molecular complexity index is 1240. The second-order valence-electron chi connectivity index (χ2n) is 8.19. The third kappa shape index (κ3) is 5.62. The van der Waals surface area contributed by atoms with Crippen LogP contribution in [0.3, 0.4) is 0 Å². The smallest absolute Gasteiger partial charge is 0.416 e. The van der Waals surface area contributed by atoms with E-state index >= 15 is 0 Å². The van der Waals surface area contributed by atoms with Crippen LogP contribution >= 0.6 is 0 Å². The molecule has 0 aliphatic carbocycles. The van der Waals surface area contributed by atoms with Gasteiger partial charge in [0.25, 0.3) is 11.8 Å². The molecule has 9 heteroatoms. The van der Waals surface area contributed by atoms with Crippen molar-refractivity contribution in [3.63, 3.8) is 0 Å². The van der Waals surface area contributed by atoms with Gasteiger partial charge >= 0.3 is 6.18 Å². The first-order valence-corrected chi connectivity index (χ1v) is 11.0. The Balaban J connectivity index is 1.57. The molecule has 1 N–H and O–H groups in total. The van der Waals surface area contributed by atoms with Crippen molar-refractivity contribution in [2.24, 2.45) is 0 Å². The highest BCUT2D eigenvalue weighted by atomic mass is 19.4. The lowest BCUT2D eigenvalue weighted by Crippen LogP contribution is -2.38. The van der Waals surface area contributed by atoms with Crippen molar-refractivity contribution < 1.29 is 31.9 Å². The van der Waals surface area contributed by atoms with Gasteiger partial charge in [-0.2, -0.15) is 13.2 Å². The zero-order chi connectivity index (χ0) is 25.2. The van der Waals surface area contributed by atoms with E-state index in [0.717, 1.165) is 17.7 Å². The second kappa shape index (κ2) is 9.77. The summed E-state index contributed by atoms with van der Waals surface area (Å²) in [5.41, 5.74) is 0.662. The molecule has 1 atom stereocenters. The summed E-state index contributed by atoms with van der Waals surface area (Å²) >= 11 is 0. The van der Waals surface area contributed by atoms with Crippen LogP contribution in [0, 0.1) is 5.82 Å². The maximum Gasteiger partial charge on any atom is 0.416 e. The van der Waals surface area contributed by atoms with E-state index in [4.69, 9.17) is 4.74 Å². The minimum absolute atomic E-state index is 0.134. The normalized spacial score (nSPS) is 15.7. The van der Waals surface area contributed by atoms with Gasteiger partial charge in [0, 0.05) is 29.9 Å². The van der Waals surface area contributed by atoms with Gasteiger partial charge < -0.3 is 15.0 Å². The summed E-state index contributed by atoms with van der Waals surface area (Å²) in [6, 6.07) is 14.8. The number of hydrogen-bond donors (Lipinski definition) is 1. The van der Waals surface area contributed by atoms with E-state index in [-0.39, 0.29) is 30.4 Å². The average molecular weight is 486 g/mol. The van der Waals surface area contributed by atoms with Crippen molar-refractivity contribution in [2.45, 2.75) is 38.7 Å². The first-order chi connectivity index (χ1) is 16.6. The Kier molecular flexibility index (Phi) is 6.77. The van der Waals surface area contributed by atoms with Crippen LogP contribution in [0.15, 0.2) is 66.7 Å². The third-order valence-electron chi connectivity index (χ3n) is 5.65. The molecular weight excluding hydrogens is 464 g/mol. The van der Waals surface area contributed by atoms with Gasteiger partial charge in [-0.15, -0.1) is 0 Å². The molecule has 2 amide bonds. The Morgan fingerprint density at radius 3 is 2.51 bits per heavy atom. The molecule has 0 saturated carbocycles. The van der Waals surface area contributed by atoms with E-state index in [2.05, 4.69) is 5.32 Å². The molecule has 1 aliphatic rings. The molecule has 0 spiro atoms. The minimum Gasteiger partial charge on any atom is -0.480 e. The summed E-state index contributed by atoms with van der Waals surface area (Å²) in [6.07, 6.45) is -4.83. The van der Waals surface area contributed by atoms with E-state index in [0.29, 0.717) is 23.4 Å². The van der Waals surface area contributed by atoms with E-state index in [9.17, 15) is 27.2 Å². The molecule has 35 heavy (non-hydrogen) atoms. The fraction of sp³-hybridized carbons (Fsp3) is 0.231. The Morgan fingerprint density at radius 2 is 1.83 bits per heavy atom. The Morgan fingerprint density at radius 1 is 1.09 bits per heavy atom. The lowest BCUT2D eigenvalue weighted by atomic mass is 10.1. The number of ether oxygens (including phenoxy) is 1. The number of fused-ring (bicyclic) bond motifs is 1. The van der Waals surface area contributed by atoms with Crippen LogP contribution in [0.2, 0.25) is 0 Å². The predicted octanol–water partition coefficient (Wildman–Crippen LogP) is 5.80. The molecule has 0 saturated heterocycles. The Labute approximate surface area is 199 Å². The molecule has 4 rings (SSSR count). The van der Waals surface area contributed by atoms with Crippen molar-refractivity contribution >= 4 is 17.5 Å². The van der Waals surface area contributed by atoms with Crippen LogP contribution in [-0.4, -0.2) is 22.8 Å². The zero-order valence-corrected chi connectivity index (χ0v) is 18.7. The summed E-state index contributed by atoms with van der Waals surface area (Å²) in [5, 5.41) is 2.61. The number of rotatable bonds is 5. The van der Waals surface area contributed by atoms with Crippen LogP contribution in [0.4, 0.5) is 23.2 Å². The van der Waals surface area contributed by atoms with Gasteiger partial charge in [0.2, 0.25) is 0 Å². The molecule has 182 valence electrons. The molecule has 3 aromatic rings. The summed E-state index contributed by atoms with van der Waals surface area (Å²) < 4.78 is 58.2. The second-order valence-corrected chi connectivity index (χ2v) is 8.19. The van der Waals surface area contributed by atoms with Crippen LogP contribution in [-0.2, 0) is 24.1 Å². The summed E-state index contributed by atoms with van der Waals surface area (Å²) in [6.45, 7) is 2.24. The predicted molar refractivity (Wildman–Crippen MR) is 121 cm³/mol. The topological polar surface area (TPSA) is 58.6 Å². The van der Waals surface area contributed by atoms with Crippen molar-refractivity contribution in [3.8, 4) is 5.75 Å². The highest BCUT2D eigenvalue weighted by Crippen LogP contribution is 2.32. The summed E-state index contributed by atoms with van der Waals surface area (Å²) in [5.74, 6) is -0.820. The zero-order valence-electron chi connectivity index (χ0n) is 18.7. The van der Waals surface area contributed by atoms with E-state index < -0.39 is 23.8 Å². The number of halogens is 4. The van der Waals surface area contributed by atoms with E-state index in [1.54, 1.807) is 35.2 Å². The molecule has 0 radical (unpaired) electrons. The summed E-state index contributed by atoms with van der Waals surface area (Å²) in [7, 11) is 0. The van der Waals surface area contributed by atoms with Gasteiger partial charge in [-0.3, -0.25) is 9.59 Å². The van der Waals surface area contributed by atoms with Crippen molar-refractivity contribution in [3.05, 3.63) is 94.8 Å². The number of carbonyl (C=O) groups is 2. The van der Waals surface area contributed by atoms with Gasteiger partial charge in [-0.25, -0.2) is 4.39 Å². The van der Waals surface area contributed by atoms with Crippen molar-refractivity contribution in [1.29, 1.82) is 0 Å². The van der Waals surface area contributed by atoms with Gasteiger partial charge in [-0.1, -0.05) is 25.1 Å². The first-order valence-electron chi connectivity index (χ1n) is 11.0. The van der Waals surface area contributed by atoms with Crippen LogP contribution in [0.25, 0.3) is 0 Å². The number of nitrogens with zero attached hydrogens (tertiary/aromatic N) is 1. The fourth-order valence-electron chi connectivity index (χ4n) is 3.83. The number of nitrogens with one attached hydrogen (secondary N) is 1. The van der Waals surface area contributed by atoms with Crippen LogP contribution in [0.1, 0.15) is 40.4 Å². The lowest BCUT2D eigenvalue weighted by Gasteiger charge is -2.23. The highest BCUT2D eigenvalue weighted by molar-refractivity contribution is 6.04. The molecule has 1 heterocycles. The number of anilines is 1. The van der Waals surface area contributed by atoms with Crippen LogP contribution < -0.4 is 10.1 Å². The monoisotopic (exact) mass is 486 g/mol. The van der Waals surface area contributed by atoms with Gasteiger partial charge in [0.05, 0.1) is 5.56 Å². The number of carbonyl (C=O) groups excluding carboxylic acids is 2. The molecule has 0 aromatic heterocycles. The number of hydrogen-bond acceptors (Lipinski definition) is 3. The first kappa shape index (κ1) is 24.3. The van der Waals surface area contributed by atoms with Crippen molar-refractivity contribution in [2.75, 3.05) is 5.32 Å². The standard InChI is InChI=1S/C26H22F4N2O3/c1-2-22-25(34)32(14-16-6-8-20(27)9-7-16)15-18-13-21(10-11-23(18)35-22)31-24(33)17-4-3-5-19(12-17)26(28,29)30/h3-13,22H,2,14-15H2,1H3,(H,31,33). The molecule has 5 nitrogen and oxygen atoms in total. The molecule has 0 fully saturated rings. The maximum absolute atomic E-state index is 13.3. The molecule has 1 unspecified atom stereocenters. The third-order valence-corrected chi connectivity index (χ3v) is 5.65. The average Bonchev–Trinajstić information content (AvgIpc) is 2.96. The molecular formula is C26H22F4N2O3. The SMILES string of the molecule is CCC1Oc2ccc(NC(=O)c3cccc(C(F)(F)F)c3)cc2CN(Cc2ccc(F)cc2)C1=O. The Hall–Kier alpha value is -3.88. The maximum atomic E-state index is 13.3. The van der Waals surface area contributed by atoms with Crippen LogP contribution in [0.5, 0.6) is 5.75 Å². The van der Waals surface area contributed by atoms with Crippen molar-refractivity contribution in [1.82, 2.24) is 4.90 Å². The summed E-state index contributed by atoms with van der Waals surface area (Å²) in [4.78, 5) is 27.2. The van der Waals surface area contributed by atoms with Gasteiger partial charge in [0.1, 0.15) is 11.6 Å². The number of amides is 2. The fourth-order valence-corrected chi connectivity index (χ4v) is 3.83. The van der Waals surface area contributed by atoms with E-state index in [1.165, 1.54) is 24.3 Å². The highest BCUT2D eigenvalue weighted by Gasteiger charge is 2.32. The molecule has 1 aliphatic heterocycles. The lowest BCUT2D eigenvalue weighted by molar-refractivity contribution is -0.139.